The number of aryl methyl sites for hydroxylation is 1. The molecule has 1 aromatic carbocycles. The van der Waals surface area contributed by atoms with Gasteiger partial charge in [0.2, 0.25) is 0 Å². The van der Waals surface area contributed by atoms with Gasteiger partial charge in [-0.25, -0.2) is 4.79 Å². The molecule has 1 aliphatic carbocycles. The highest BCUT2D eigenvalue weighted by atomic mass is 16.5. The lowest BCUT2D eigenvalue weighted by Gasteiger charge is -2.18. The topological polar surface area (TPSA) is 50.4 Å². The molecule has 98 valence electrons. The molecule has 1 aromatic rings. The van der Waals surface area contributed by atoms with Gasteiger partial charge in [-0.1, -0.05) is 17.7 Å². The van der Waals surface area contributed by atoms with Gasteiger partial charge in [0.25, 0.3) is 0 Å². The van der Waals surface area contributed by atoms with Crippen LogP contribution >= 0.6 is 0 Å². The monoisotopic (exact) mass is 248 g/mol. The van der Waals surface area contributed by atoms with Crippen molar-refractivity contribution in [3.05, 3.63) is 29.3 Å². The van der Waals surface area contributed by atoms with Gasteiger partial charge < -0.3 is 15.4 Å². The fourth-order valence-corrected chi connectivity index (χ4v) is 1.92. The van der Waals surface area contributed by atoms with Crippen molar-refractivity contribution in [3.8, 4) is 5.75 Å². The van der Waals surface area contributed by atoms with Crippen LogP contribution < -0.4 is 15.4 Å². The maximum Gasteiger partial charge on any atom is 0.315 e. The molecular formula is C14H20N2O2. The molecule has 1 atom stereocenters. The summed E-state index contributed by atoms with van der Waals surface area (Å²) in [5.74, 6) is 0.805. The normalized spacial score (nSPS) is 15.9. The van der Waals surface area contributed by atoms with Crippen LogP contribution in [0.5, 0.6) is 5.75 Å². The van der Waals surface area contributed by atoms with Gasteiger partial charge in [-0.05, 0) is 32.8 Å². The highest BCUT2D eigenvalue weighted by Gasteiger charge is 2.24. The number of rotatable bonds is 4. The number of carbonyl (C=O) groups excluding carboxylic acids is 1. The van der Waals surface area contributed by atoms with Crippen LogP contribution in [-0.2, 0) is 0 Å². The second-order valence-electron chi connectivity index (χ2n) is 4.86. The van der Waals surface area contributed by atoms with Crippen molar-refractivity contribution in [1.29, 1.82) is 0 Å². The van der Waals surface area contributed by atoms with Gasteiger partial charge in [0.05, 0.1) is 13.2 Å². The Morgan fingerprint density at radius 2 is 2.17 bits per heavy atom. The Hall–Kier alpha value is -1.71. The largest absolute Gasteiger partial charge is 0.496 e. The molecule has 4 nitrogen and oxygen atoms in total. The number of hydrogen-bond acceptors (Lipinski definition) is 2. The van der Waals surface area contributed by atoms with Crippen LogP contribution in [0.15, 0.2) is 18.2 Å². The molecule has 0 aliphatic heterocycles. The fraction of sp³-hybridized carbons (Fsp3) is 0.500. The summed E-state index contributed by atoms with van der Waals surface area (Å²) in [6.45, 7) is 3.99. The van der Waals surface area contributed by atoms with E-state index in [1.807, 2.05) is 32.0 Å². The number of hydrogen-bond donors (Lipinski definition) is 2. The first kappa shape index (κ1) is 12.7. The molecule has 2 amide bonds. The van der Waals surface area contributed by atoms with Crippen molar-refractivity contribution in [2.45, 2.75) is 38.8 Å². The third kappa shape index (κ3) is 3.15. The summed E-state index contributed by atoms with van der Waals surface area (Å²) < 4.78 is 5.32. The number of benzene rings is 1. The number of amides is 2. The minimum absolute atomic E-state index is 0.0707. The van der Waals surface area contributed by atoms with Gasteiger partial charge in [0.1, 0.15) is 5.75 Å². The first-order valence-electron chi connectivity index (χ1n) is 6.31. The van der Waals surface area contributed by atoms with Crippen molar-refractivity contribution in [1.82, 2.24) is 10.6 Å². The van der Waals surface area contributed by atoms with E-state index in [0.29, 0.717) is 6.04 Å². The summed E-state index contributed by atoms with van der Waals surface area (Å²) in [6, 6.07) is 6.17. The lowest BCUT2D eigenvalue weighted by Crippen LogP contribution is -2.38. The lowest BCUT2D eigenvalue weighted by atomic mass is 10.0. The molecule has 2 rings (SSSR count). The molecule has 1 aliphatic rings. The van der Waals surface area contributed by atoms with E-state index in [-0.39, 0.29) is 12.1 Å². The predicted octanol–water partition coefficient (Wildman–Crippen LogP) is 2.53. The number of ether oxygens (including phenoxy) is 1. The Morgan fingerprint density at radius 3 is 2.78 bits per heavy atom. The van der Waals surface area contributed by atoms with Crippen LogP contribution in [0, 0.1) is 6.92 Å². The Labute approximate surface area is 108 Å². The molecule has 18 heavy (non-hydrogen) atoms. The van der Waals surface area contributed by atoms with Gasteiger partial charge >= 0.3 is 6.03 Å². The van der Waals surface area contributed by atoms with Gasteiger partial charge in [-0.15, -0.1) is 0 Å². The summed E-state index contributed by atoms with van der Waals surface area (Å²) in [4.78, 5) is 11.7. The highest BCUT2D eigenvalue weighted by molar-refractivity contribution is 5.75. The summed E-state index contributed by atoms with van der Waals surface area (Å²) in [6.07, 6.45) is 2.19. The first-order valence-corrected chi connectivity index (χ1v) is 6.31. The van der Waals surface area contributed by atoms with Gasteiger partial charge in [0, 0.05) is 11.6 Å². The third-order valence-electron chi connectivity index (χ3n) is 3.11. The minimum Gasteiger partial charge on any atom is -0.496 e. The first-order chi connectivity index (χ1) is 8.60. The van der Waals surface area contributed by atoms with E-state index in [2.05, 4.69) is 10.6 Å². The van der Waals surface area contributed by atoms with Crippen molar-refractivity contribution in [2.75, 3.05) is 7.11 Å². The molecule has 1 fully saturated rings. The van der Waals surface area contributed by atoms with Gasteiger partial charge in [0.15, 0.2) is 0 Å². The Balaban J connectivity index is 2.04. The average molecular weight is 248 g/mol. The van der Waals surface area contributed by atoms with Crippen molar-refractivity contribution >= 4 is 6.03 Å². The zero-order chi connectivity index (χ0) is 13.1. The van der Waals surface area contributed by atoms with Crippen LogP contribution in [0.2, 0.25) is 0 Å². The standard InChI is InChI=1S/C14H20N2O2/c1-9-4-7-13(18-3)12(8-9)10(2)15-14(17)16-11-5-6-11/h4,7-8,10-11H,5-6H2,1-3H3,(H2,15,16,17)/t10-/m0/s1. The van der Waals surface area contributed by atoms with E-state index >= 15 is 0 Å². The molecule has 0 radical (unpaired) electrons. The van der Waals surface area contributed by atoms with Crippen LogP contribution in [0.25, 0.3) is 0 Å². The second-order valence-corrected chi connectivity index (χ2v) is 4.86. The molecule has 2 N–H and O–H groups in total. The van der Waals surface area contributed by atoms with Crippen LogP contribution in [0.3, 0.4) is 0 Å². The fourth-order valence-electron chi connectivity index (χ4n) is 1.92. The number of urea groups is 1. The molecule has 0 unspecified atom stereocenters. The van der Waals surface area contributed by atoms with Crippen LogP contribution in [-0.4, -0.2) is 19.2 Å². The molecule has 0 spiro atoms. The van der Waals surface area contributed by atoms with E-state index in [1.54, 1.807) is 7.11 Å². The van der Waals surface area contributed by atoms with Crippen molar-refractivity contribution in [2.24, 2.45) is 0 Å². The van der Waals surface area contributed by atoms with E-state index < -0.39 is 0 Å². The zero-order valence-corrected chi connectivity index (χ0v) is 11.1. The van der Waals surface area contributed by atoms with E-state index in [1.165, 1.54) is 0 Å². The molecule has 1 saturated carbocycles. The second kappa shape index (κ2) is 5.29. The van der Waals surface area contributed by atoms with E-state index in [0.717, 1.165) is 29.7 Å². The Morgan fingerprint density at radius 1 is 1.44 bits per heavy atom. The quantitative estimate of drug-likeness (QED) is 0.860. The smallest absolute Gasteiger partial charge is 0.315 e. The highest BCUT2D eigenvalue weighted by Crippen LogP contribution is 2.26. The van der Waals surface area contributed by atoms with E-state index in [4.69, 9.17) is 4.74 Å². The van der Waals surface area contributed by atoms with Crippen molar-refractivity contribution < 1.29 is 9.53 Å². The van der Waals surface area contributed by atoms with Gasteiger partial charge in [-0.3, -0.25) is 0 Å². The predicted molar refractivity (Wildman–Crippen MR) is 70.8 cm³/mol. The molecule has 4 heteroatoms. The summed E-state index contributed by atoms with van der Waals surface area (Å²) in [5.41, 5.74) is 2.16. The SMILES string of the molecule is COc1ccc(C)cc1[C@H](C)NC(=O)NC1CC1. The lowest BCUT2D eigenvalue weighted by molar-refractivity contribution is 0.237. The maximum absolute atomic E-state index is 11.7. The van der Waals surface area contributed by atoms with Crippen LogP contribution in [0.1, 0.15) is 36.9 Å². The van der Waals surface area contributed by atoms with E-state index in [9.17, 15) is 4.79 Å². The molecule has 0 bridgehead atoms. The molecule has 0 saturated heterocycles. The Kier molecular flexibility index (Phi) is 3.75. The van der Waals surface area contributed by atoms with Crippen LogP contribution in [0.4, 0.5) is 4.79 Å². The number of methoxy groups -OCH3 is 1. The molecule has 0 aromatic heterocycles. The molecular weight excluding hydrogens is 228 g/mol. The Bertz CT molecular complexity index is 441. The average Bonchev–Trinajstić information content (AvgIpc) is 3.12. The minimum atomic E-state index is -0.103. The third-order valence-corrected chi connectivity index (χ3v) is 3.11. The van der Waals surface area contributed by atoms with Gasteiger partial charge in [-0.2, -0.15) is 0 Å². The summed E-state index contributed by atoms with van der Waals surface area (Å²) >= 11 is 0. The summed E-state index contributed by atoms with van der Waals surface area (Å²) in [5, 5.41) is 5.86. The summed E-state index contributed by atoms with van der Waals surface area (Å²) in [7, 11) is 1.64. The number of nitrogens with one attached hydrogen (secondary N) is 2. The zero-order valence-electron chi connectivity index (χ0n) is 11.1. The molecule has 0 heterocycles. The number of carbonyl (C=O) groups is 1. The maximum atomic E-state index is 11.7. The van der Waals surface area contributed by atoms with Crippen molar-refractivity contribution in [3.63, 3.8) is 0 Å².